The number of halogens is 2. The molecule has 0 saturated carbocycles. The minimum atomic E-state index is -4.24. The van der Waals surface area contributed by atoms with E-state index < -0.39 is 26.6 Å². The Balaban J connectivity index is 2.16. The Hall–Kier alpha value is -1.74. The van der Waals surface area contributed by atoms with Gasteiger partial charge in [0.1, 0.15) is 4.90 Å². The monoisotopic (exact) mass is 305 g/mol. The van der Waals surface area contributed by atoms with Gasteiger partial charge in [0, 0.05) is 24.7 Å². The average Bonchev–Trinajstić information content (AvgIpc) is 2.77. The predicted octanol–water partition coefficient (Wildman–Crippen LogP) is 0.104. The zero-order valence-electron chi connectivity index (χ0n) is 10.3. The molecule has 1 atom stereocenters. The van der Waals surface area contributed by atoms with Gasteiger partial charge >= 0.3 is 0 Å². The number of nitrogens with one attached hydrogen (secondary N) is 2. The van der Waals surface area contributed by atoms with E-state index in [1.807, 2.05) is 0 Å². The lowest BCUT2D eigenvalue weighted by atomic mass is 10.2. The van der Waals surface area contributed by atoms with E-state index in [1.165, 1.54) is 0 Å². The molecule has 6 nitrogen and oxygen atoms in total. The van der Waals surface area contributed by atoms with Crippen molar-refractivity contribution in [2.75, 3.05) is 12.3 Å². The van der Waals surface area contributed by atoms with Crippen LogP contribution in [-0.2, 0) is 14.8 Å². The van der Waals surface area contributed by atoms with Crippen molar-refractivity contribution in [3.8, 4) is 0 Å². The first-order chi connectivity index (χ1) is 9.29. The largest absolute Gasteiger partial charge is 0.399 e. The van der Waals surface area contributed by atoms with Gasteiger partial charge in [-0.15, -0.1) is 0 Å². The molecule has 0 spiro atoms. The Kier molecular flexibility index (Phi) is 3.91. The quantitative estimate of drug-likeness (QED) is 0.687. The fraction of sp³-hybridized carbons (Fsp3) is 0.364. The fourth-order valence-electron chi connectivity index (χ4n) is 1.90. The van der Waals surface area contributed by atoms with Crippen molar-refractivity contribution in [2.45, 2.75) is 23.8 Å². The van der Waals surface area contributed by atoms with E-state index in [0.717, 1.165) is 6.07 Å². The summed E-state index contributed by atoms with van der Waals surface area (Å²) < 4.78 is 52.6. The smallest absolute Gasteiger partial charge is 0.243 e. The summed E-state index contributed by atoms with van der Waals surface area (Å²) in [6.07, 6.45) is 0.794. The van der Waals surface area contributed by atoms with E-state index in [9.17, 15) is 22.0 Å². The molecule has 110 valence electrons. The lowest BCUT2D eigenvalue weighted by molar-refractivity contribution is -0.119. The summed E-state index contributed by atoms with van der Waals surface area (Å²) in [5.74, 6) is -2.99. The topological polar surface area (TPSA) is 101 Å². The first-order valence-electron chi connectivity index (χ1n) is 5.83. The number of carbonyl (C=O) groups excluding carboxylic acids is 1. The number of nitrogen functional groups attached to an aromatic ring is 1. The summed E-state index contributed by atoms with van der Waals surface area (Å²) in [5.41, 5.74) is 5.11. The van der Waals surface area contributed by atoms with Crippen LogP contribution >= 0.6 is 0 Å². The van der Waals surface area contributed by atoms with E-state index >= 15 is 0 Å². The zero-order chi connectivity index (χ0) is 14.9. The van der Waals surface area contributed by atoms with E-state index in [1.54, 1.807) is 0 Å². The number of nitrogens with two attached hydrogens (primary N) is 1. The summed E-state index contributed by atoms with van der Waals surface area (Å²) >= 11 is 0. The minimum Gasteiger partial charge on any atom is -0.399 e. The maximum atomic E-state index is 13.5. The summed E-state index contributed by atoms with van der Waals surface area (Å²) in [6, 6.07) is 1.19. The summed E-state index contributed by atoms with van der Waals surface area (Å²) in [4.78, 5) is 10.1. The molecule has 0 bridgehead atoms. The van der Waals surface area contributed by atoms with Gasteiger partial charge in [-0.25, -0.2) is 21.9 Å². The maximum absolute atomic E-state index is 13.5. The van der Waals surface area contributed by atoms with Gasteiger partial charge in [0.15, 0.2) is 11.6 Å². The van der Waals surface area contributed by atoms with Crippen molar-refractivity contribution in [1.29, 1.82) is 0 Å². The van der Waals surface area contributed by atoms with Gasteiger partial charge in [-0.2, -0.15) is 0 Å². The molecule has 1 unspecified atom stereocenters. The van der Waals surface area contributed by atoms with Crippen molar-refractivity contribution in [2.24, 2.45) is 0 Å². The predicted molar refractivity (Wildman–Crippen MR) is 67.1 cm³/mol. The molecule has 0 aromatic heterocycles. The van der Waals surface area contributed by atoms with Crippen LogP contribution in [0.15, 0.2) is 17.0 Å². The van der Waals surface area contributed by atoms with Gasteiger partial charge in [-0.3, -0.25) is 4.79 Å². The highest BCUT2D eigenvalue weighted by Crippen LogP contribution is 2.21. The Labute approximate surface area is 114 Å². The van der Waals surface area contributed by atoms with Crippen molar-refractivity contribution >= 4 is 21.6 Å². The van der Waals surface area contributed by atoms with E-state index in [0.29, 0.717) is 18.9 Å². The van der Waals surface area contributed by atoms with Gasteiger partial charge in [-0.05, 0) is 18.6 Å². The summed E-state index contributed by atoms with van der Waals surface area (Å²) in [6.45, 7) is -0.0933. The molecule has 9 heteroatoms. The molecule has 1 saturated heterocycles. The molecule has 20 heavy (non-hydrogen) atoms. The van der Waals surface area contributed by atoms with Crippen LogP contribution in [0.4, 0.5) is 14.5 Å². The maximum Gasteiger partial charge on any atom is 0.243 e. The third kappa shape index (κ3) is 3.05. The molecular weight excluding hydrogens is 292 g/mol. The van der Waals surface area contributed by atoms with Crippen LogP contribution in [0.3, 0.4) is 0 Å². The van der Waals surface area contributed by atoms with Gasteiger partial charge in [0.05, 0.1) is 0 Å². The molecule has 0 radical (unpaired) electrons. The van der Waals surface area contributed by atoms with Crippen molar-refractivity contribution in [3.05, 3.63) is 23.8 Å². The molecule has 1 aromatic carbocycles. The lowest BCUT2D eigenvalue weighted by Gasteiger charge is -2.12. The highest BCUT2D eigenvalue weighted by Gasteiger charge is 2.26. The standard InChI is InChI=1S/C11H13F2N3O3S/c12-8-3-6(14)4-9(11(8)13)20(18,19)15-5-7-1-2-10(17)16-7/h3-4,7,15H,1-2,5,14H2,(H,16,17). The Morgan fingerprint density at radius 3 is 2.70 bits per heavy atom. The molecule has 2 rings (SSSR count). The molecule has 0 aliphatic carbocycles. The third-order valence-corrected chi connectivity index (χ3v) is 4.33. The normalized spacial score (nSPS) is 19.1. The van der Waals surface area contributed by atoms with Gasteiger partial charge < -0.3 is 11.1 Å². The van der Waals surface area contributed by atoms with E-state index in [2.05, 4.69) is 10.0 Å². The second-order valence-corrected chi connectivity index (χ2v) is 6.21. The second kappa shape index (κ2) is 5.33. The van der Waals surface area contributed by atoms with Crippen LogP contribution in [0, 0.1) is 11.6 Å². The van der Waals surface area contributed by atoms with Crippen molar-refractivity contribution in [3.63, 3.8) is 0 Å². The lowest BCUT2D eigenvalue weighted by Crippen LogP contribution is -2.38. The first-order valence-corrected chi connectivity index (χ1v) is 7.31. The molecule has 1 fully saturated rings. The molecule has 1 amide bonds. The second-order valence-electron chi connectivity index (χ2n) is 4.47. The van der Waals surface area contributed by atoms with Crippen LogP contribution in [0.1, 0.15) is 12.8 Å². The van der Waals surface area contributed by atoms with Gasteiger partial charge in [0.25, 0.3) is 0 Å². The first kappa shape index (κ1) is 14.7. The number of hydrogen-bond acceptors (Lipinski definition) is 4. The minimum absolute atomic E-state index is 0.0933. The Bertz CT molecular complexity index is 649. The van der Waals surface area contributed by atoms with Crippen LogP contribution in [0.2, 0.25) is 0 Å². The Morgan fingerprint density at radius 2 is 2.10 bits per heavy atom. The van der Waals surface area contributed by atoms with Crippen molar-refractivity contribution in [1.82, 2.24) is 10.0 Å². The number of sulfonamides is 1. The fourth-order valence-corrected chi connectivity index (χ4v) is 3.10. The zero-order valence-corrected chi connectivity index (χ0v) is 11.1. The highest BCUT2D eigenvalue weighted by molar-refractivity contribution is 7.89. The van der Waals surface area contributed by atoms with Gasteiger partial charge in [-0.1, -0.05) is 0 Å². The molecular formula is C11H13F2N3O3S. The number of anilines is 1. The van der Waals surface area contributed by atoms with Crippen molar-refractivity contribution < 1.29 is 22.0 Å². The highest BCUT2D eigenvalue weighted by atomic mass is 32.2. The van der Waals surface area contributed by atoms with E-state index in [-0.39, 0.29) is 24.2 Å². The van der Waals surface area contributed by atoms with Crippen LogP contribution in [0.5, 0.6) is 0 Å². The number of rotatable bonds is 4. The van der Waals surface area contributed by atoms with Crippen LogP contribution in [-0.4, -0.2) is 26.9 Å². The molecule has 4 N–H and O–H groups in total. The average molecular weight is 305 g/mol. The van der Waals surface area contributed by atoms with Crippen LogP contribution in [0.25, 0.3) is 0 Å². The molecule has 1 aliphatic rings. The number of hydrogen-bond donors (Lipinski definition) is 3. The molecule has 1 aromatic rings. The Morgan fingerprint density at radius 1 is 1.40 bits per heavy atom. The summed E-state index contributed by atoms with van der Waals surface area (Å²) in [5, 5.41) is 2.56. The van der Waals surface area contributed by atoms with E-state index in [4.69, 9.17) is 5.73 Å². The summed E-state index contributed by atoms with van der Waals surface area (Å²) in [7, 11) is -4.24. The van der Waals surface area contributed by atoms with Crippen LogP contribution < -0.4 is 15.8 Å². The molecule has 1 heterocycles. The third-order valence-electron chi connectivity index (χ3n) is 2.91. The SMILES string of the molecule is Nc1cc(F)c(F)c(S(=O)(=O)NCC2CCC(=O)N2)c1. The number of amides is 1. The van der Waals surface area contributed by atoms with Gasteiger partial charge in [0.2, 0.25) is 15.9 Å². The molecule has 1 aliphatic heterocycles. The number of benzene rings is 1. The number of carbonyl (C=O) groups is 1.